The van der Waals surface area contributed by atoms with Crippen LogP contribution in [0.2, 0.25) is 0 Å². The third-order valence-electron chi connectivity index (χ3n) is 5.00. The maximum Gasteiger partial charge on any atom is 0.251 e. The van der Waals surface area contributed by atoms with Gasteiger partial charge in [-0.3, -0.25) is 4.79 Å². The van der Waals surface area contributed by atoms with Gasteiger partial charge in [0.1, 0.15) is 25.7 Å². The van der Waals surface area contributed by atoms with Crippen molar-refractivity contribution in [2.45, 2.75) is 32.6 Å². The Morgan fingerprint density at radius 2 is 1.75 bits per heavy atom. The fraction of sp³-hybridized carbons (Fsp3) is 0.435. The number of quaternary nitrogens is 1. The van der Waals surface area contributed by atoms with Gasteiger partial charge >= 0.3 is 0 Å². The monoisotopic (exact) mass is 383 g/mol. The fourth-order valence-electron chi connectivity index (χ4n) is 3.35. The van der Waals surface area contributed by atoms with E-state index in [1.54, 1.807) is 0 Å². The predicted octanol–water partition coefficient (Wildman–Crippen LogP) is 2.00. The smallest absolute Gasteiger partial charge is 0.251 e. The van der Waals surface area contributed by atoms with Gasteiger partial charge in [0, 0.05) is 5.56 Å². The van der Waals surface area contributed by atoms with Crippen molar-refractivity contribution >= 4 is 5.91 Å². The molecule has 3 rings (SSSR count). The Morgan fingerprint density at radius 1 is 1.07 bits per heavy atom. The minimum atomic E-state index is -0.0437. The Bertz CT molecular complexity index is 725. The molecule has 1 saturated heterocycles. The van der Waals surface area contributed by atoms with Crippen molar-refractivity contribution < 1.29 is 19.2 Å². The molecule has 2 N–H and O–H groups in total. The third kappa shape index (κ3) is 6.16. The largest absolute Gasteiger partial charge is 0.374 e. The molecule has 1 atom stereocenters. The molecule has 5 nitrogen and oxygen atoms in total. The Kier molecular flexibility index (Phi) is 7.60. The molecule has 1 amide bonds. The average Bonchev–Trinajstić information content (AvgIpc) is 2.73. The van der Waals surface area contributed by atoms with Crippen molar-refractivity contribution in [3.8, 4) is 0 Å². The van der Waals surface area contributed by atoms with Crippen LogP contribution in [0, 0.1) is 0 Å². The van der Waals surface area contributed by atoms with Gasteiger partial charge in [-0.05, 0) is 37.1 Å². The maximum absolute atomic E-state index is 12.9. The lowest BCUT2D eigenvalue weighted by Crippen LogP contribution is -3.14. The molecule has 28 heavy (non-hydrogen) atoms. The van der Waals surface area contributed by atoms with Crippen molar-refractivity contribution in [3.05, 3.63) is 71.3 Å². The topological polar surface area (TPSA) is 52.0 Å². The van der Waals surface area contributed by atoms with E-state index < -0.39 is 0 Å². The number of ether oxygens (including phenoxy) is 2. The van der Waals surface area contributed by atoms with Gasteiger partial charge in [0.15, 0.2) is 0 Å². The lowest BCUT2D eigenvalue weighted by molar-refractivity contribution is -0.909. The summed E-state index contributed by atoms with van der Waals surface area (Å²) in [6.45, 7) is 8.97. The zero-order valence-electron chi connectivity index (χ0n) is 16.8. The first-order valence-electron chi connectivity index (χ1n) is 10.1. The van der Waals surface area contributed by atoms with Crippen molar-refractivity contribution in [1.82, 2.24) is 5.32 Å². The number of rotatable bonds is 8. The second-order valence-corrected chi connectivity index (χ2v) is 7.56. The van der Waals surface area contributed by atoms with Gasteiger partial charge in [0.05, 0.1) is 25.9 Å². The maximum atomic E-state index is 12.9. The molecule has 0 saturated carbocycles. The standard InChI is InChI=1S/C23H30N2O3/c1-18(2)28-17-19-8-10-21(11-9-19)23(26)24-22(20-6-4-3-5-7-20)16-25-12-14-27-15-13-25/h3-11,18,22H,12-17H2,1-2H3,(H,24,26)/p+1/t22-/m1/s1. The van der Waals surface area contributed by atoms with Crippen molar-refractivity contribution in [2.24, 2.45) is 0 Å². The van der Waals surface area contributed by atoms with Gasteiger partial charge < -0.3 is 19.7 Å². The van der Waals surface area contributed by atoms with Crippen LogP contribution in [0.15, 0.2) is 54.6 Å². The van der Waals surface area contributed by atoms with Gasteiger partial charge in [-0.15, -0.1) is 0 Å². The molecule has 1 aliphatic rings. The van der Waals surface area contributed by atoms with E-state index in [1.165, 1.54) is 4.90 Å². The van der Waals surface area contributed by atoms with Crippen LogP contribution in [-0.2, 0) is 16.1 Å². The molecule has 0 bridgehead atoms. The second-order valence-electron chi connectivity index (χ2n) is 7.56. The summed E-state index contributed by atoms with van der Waals surface area (Å²) in [7, 11) is 0. The summed E-state index contributed by atoms with van der Waals surface area (Å²) >= 11 is 0. The first-order chi connectivity index (χ1) is 13.6. The Labute approximate surface area is 167 Å². The summed E-state index contributed by atoms with van der Waals surface area (Å²) in [6, 6.07) is 17.8. The normalized spacial score (nSPS) is 16.1. The molecule has 2 aromatic rings. The zero-order chi connectivity index (χ0) is 19.8. The highest BCUT2D eigenvalue weighted by Crippen LogP contribution is 2.13. The van der Waals surface area contributed by atoms with Crippen molar-refractivity contribution in [3.63, 3.8) is 0 Å². The molecule has 2 aromatic carbocycles. The highest BCUT2D eigenvalue weighted by molar-refractivity contribution is 5.94. The van der Waals surface area contributed by atoms with Crippen LogP contribution in [-0.4, -0.2) is 44.9 Å². The number of benzene rings is 2. The highest BCUT2D eigenvalue weighted by Gasteiger charge is 2.23. The molecular formula is C23H31N2O3+. The minimum Gasteiger partial charge on any atom is -0.374 e. The third-order valence-corrected chi connectivity index (χ3v) is 5.00. The zero-order valence-corrected chi connectivity index (χ0v) is 16.8. The molecule has 0 aliphatic carbocycles. The number of carbonyl (C=O) groups excluding carboxylic acids is 1. The predicted molar refractivity (Wildman–Crippen MR) is 109 cm³/mol. The van der Waals surface area contributed by atoms with Crippen LogP contribution in [0.5, 0.6) is 0 Å². The number of morpholine rings is 1. The number of amides is 1. The van der Waals surface area contributed by atoms with Gasteiger partial charge in [-0.2, -0.15) is 0 Å². The number of carbonyl (C=O) groups is 1. The summed E-state index contributed by atoms with van der Waals surface area (Å²) < 4.78 is 11.1. The van der Waals surface area contributed by atoms with Crippen LogP contribution in [0.4, 0.5) is 0 Å². The first-order valence-corrected chi connectivity index (χ1v) is 10.1. The summed E-state index contributed by atoms with van der Waals surface area (Å²) in [6.07, 6.45) is 0.192. The quantitative estimate of drug-likeness (QED) is 0.733. The average molecular weight is 384 g/mol. The van der Waals surface area contributed by atoms with E-state index in [9.17, 15) is 4.79 Å². The molecule has 150 valence electrons. The fourth-order valence-corrected chi connectivity index (χ4v) is 3.35. The summed E-state index contributed by atoms with van der Waals surface area (Å²) in [5.74, 6) is -0.0437. The molecule has 1 aliphatic heterocycles. The summed E-state index contributed by atoms with van der Waals surface area (Å²) in [5.41, 5.74) is 2.88. The molecule has 0 aromatic heterocycles. The number of nitrogens with one attached hydrogen (secondary N) is 2. The number of hydrogen-bond acceptors (Lipinski definition) is 3. The van der Waals surface area contributed by atoms with Crippen LogP contribution in [0.25, 0.3) is 0 Å². The van der Waals surface area contributed by atoms with Crippen LogP contribution in [0.3, 0.4) is 0 Å². The van der Waals surface area contributed by atoms with E-state index in [4.69, 9.17) is 9.47 Å². The van der Waals surface area contributed by atoms with Crippen LogP contribution in [0.1, 0.15) is 41.4 Å². The Balaban J connectivity index is 1.66. The second kappa shape index (κ2) is 10.4. The minimum absolute atomic E-state index is 0.0225. The SMILES string of the molecule is CC(C)OCc1ccc(C(=O)N[C@H](C[NH+]2CCOCC2)c2ccccc2)cc1. The van der Waals surface area contributed by atoms with Gasteiger partial charge in [-0.25, -0.2) is 0 Å². The van der Waals surface area contributed by atoms with E-state index >= 15 is 0 Å². The van der Waals surface area contributed by atoms with E-state index in [0.717, 1.165) is 44.0 Å². The van der Waals surface area contributed by atoms with Crippen LogP contribution >= 0.6 is 0 Å². The Hall–Kier alpha value is -2.21. The molecule has 0 unspecified atom stereocenters. The van der Waals surface area contributed by atoms with E-state index in [2.05, 4.69) is 17.4 Å². The lowest BCUT2D eigenvalue weighted by Gasteiger charge is -2.28. The van der Waals surface area contributed by atoms with E-state index in [-0.39, 0.29) is 18.1 Å². The van der Waals surface area contributed by atoms with Gasteiger partial charge in [0.25, 0.3) is 5.91 Å². The van der Waals surface area contributed by atoms with Crippen molar-refractivity contribution in [1.29, 1.82) is 0 Å². The van der Waals surface area contributed by atoms with Crippen LogP contribution < -0.4 is 10.2 Å². The molecule has 0 radical (unpaired) electrons. The summed E-state index contributed by atoms with van der Waals surface area (Å²) in [5, 5.41) is 3.23. The molecule has 1 fully saturated rings. The molecule has 0 spiro atoms. The van der Waals surface area contributed by atoms with Gasteiger partial charge in [-0.1, -0.05) is 42.5 Å². The highest BCUT2D eigenvalue weighted by atomic mass is 16.5. The Morgan fingerprint density at radius 3 is 2.39 bits per heavy atom. The first kappa shape index (κ1) is 20.5. The molecule has 5 heteroatoms. The van der Waals surface area contributed by atoms with E-state index in [1.807, 2.05) is 56.3 Å². The lowest BCUT2D eigenvalue weighted by atomic mass is 10.0. The van der Waals surface area contributed by atoms with E-state index in [0.29, 0.717) is 12.2 Å². The summed E-state index contributed by atoms with van der Waals surface area (Å²) in [4.78, 5) is 14.3. The molecular weight excluding hydrogens is 352 g/mol. The number of hydrogen-bond donors (Lipinski definition) is 2. The van der Waals surface area contributed by atoms with Crippen molar-refractivity contribution in [2.75, 3.05) is 32.8 Å². The van der Waals surface area contributed by atoms with Gasteiger partial charge in [0.2, 0.25) is 0 Å². The molecule has 1 heterocycles.